The second kappa shape index (κ2) is 6.95. The Morgan fingerprint density at radius 3 is 2.74 bits per heavy atom. The fourth-order valence-electron chi connectivity index (χ4n) is 2.13. The van der Waals surface area contributed by atoms with Crippen LogP contribution in [0.15, 0.2) is 18.2 Å². The van der Waals surface area contributed by atoms with Crippen molar-refractivity contribution >= 4 is 0 Å². The molecule has 0 bridgehead atoms. The number of aryl methyl sites for hydroxylation is 1. The van der Waals surface area contributed by atoms with Crippen molar-refractivity contribution in [2.75, 3.05) is 13.2 Å². The normalized spacial score (nSPS) is 14.9. The molecule has 1 aliphatic rings. The van der Waals surface area contributed by atoms with Gasteiger partial charge in [-0.25, -0.2) is 0 Å². The molecule has 0 unspecified atom stereocenters. The molecule has 0 spiro atoms. The molecule has 2 heteroatoms. The first-order valence-electron chi connectivity index (χ1n) is 7.63. The van der Waals surface area contributed by atoms with Crippen LogP contribution in [0.2, 0.25) is 0 Å². The van der Waals surface area contributed by atoms with Crippen LogP contribution >= 0.6 is 0 Å². The van der Waals surface area contributed by atoms with Crippen molar-refractivity contribution in [2.24, 2.45) is 0 Å². The average Bonchev–Trinajstić information content (AvgIpc) is 3.19. The minimum Gasteiger partial charge on any atom is -0.493 e. The smallest absolute Gasteiger partial charge is 0.122 e. The summed E-state index contributed by atoms with van der Waals surface area (Å²) < 4.78 is 5.92. The third-order valence-electron chi connectivity index (χ3n) is 3.72. The van der Waals surface area contributed by atoms with E-state index in [9.17, 15) is 0 Å². The highest BCUT2D eigenvalue weighted by molar-refractivity contribution is 5.37. The van der Waals surface area contributed by atoms with Crippen molar-refractivity contribution < 1.29 is 4.74 Å². The van der Waals surface area contributed by atoms with Crippen molar-refractivity contribution in [1.29, 1.82) is 0 Å². The molecule has 1 aromatic rings. The summed E-state index contributed by atoms with van der Waals surface area (Å²) in [7, 11) is 0. The molecule has 0 aromatic heterocycles. The Kier molecular flexibility index (Phi) is 5.26. The van der Waals surface area contributed by atoms with Crippen molar-refractivity contribution in [3.05, 3.63) is 29.3 Å². The van der Waals surface area contributed by atoms with Crippen LogP contribution in [-0.2, 0) is 0 Å². The first-order chi connectivity index (χ1) is 9.16. The van der Waals surface area contributed by atoms with Gasteiger partial charge >= 0.3 is 0 Å². The molecule has 1 aromatic carbocycles. The molecular formula is C17H27NO. The standard InChI is InChI=1S/C17H27NO/c1-13(2)15-7-6-14(3)17(12-15)19-11-5-4-10-18-16-8-9-16/h6-7,12-13,16,18H,4-5,8-11H2,1-3H3. The lowest BCUT2D eigenvalue weighted by Gasteiger charge is -2.13. The minimum absolute atomic E-state index is 0.561. The van der Waals surface area contributed by atoms with Crippen LogP contribution in [0.4, 0.5) is 0 Å². The zero-order valence-electron chi connectivity index (χ0n) is 12.5. The molecule has 1 fully saturated rings. The lowest BCUT2D eigenvalue weighted by molar-refractivity contribution is 0.303. The van der Waals surface area contributed by atoms with Gasteiger partial charge in [0.2, 0.25) is 0 Å². The van der Waals surface area contributed by atoms with Gasteiger partial charge in [0.25, 0.3) is 0 Å². The van der Waals surface area contributed by atoms with E-state index in [1.165, 1.54) is 30.4 Å². The molecule has 2 rings (SSSR count). The maximum atomic E-state index is 5.92. The quantitative estimate of drug-likeness (QED) is 0.713. The van der Waals surface area contributed by atoms with Gasteiger partial charge in [0.15, 0.2) is 0 Å². The van der Waals surface area contributed by atoms with E-state index in [1.54, 1.807) is 0 Å². The second-order valence-electron chi connectivity index (χ2n) is 5.96. The maximum absolute atomic E-state index is 5.92. The molecule has 0 heterocycles. The molecule has 0 aliphatic heterocycles. The largest absolute Gasteiger partial charge is 0.493 e. The second-order valence-corrected chi connectivity index (χ2v) is 5.96. The Bertz CT molecular complexity index is 396. The van der Waals surface area contributed by atoms with E-state index < -0.39 is 0 Å². The maximum Gasteiger partial charge on any atom is 0.122 e. The summed E-state index contributed by atoms with van der Waals surface area (Å²) in [4.78, 5) is 0. The van der Waals surface area contributed by atoms with Gasteiger partial charge in [0.05, 0.1) is 6.61 Å². The highest BCUT2D eigenvalue weighted by Gasteiger charge is 2.19. The van der Waals surface area contributed by atoms with Crippen molar-refractivity contribution in [3.63, 3.8) is 0 Å². The molecule has 19 heavy (non-hydrogen) atoms. The van der Waals surface area contributed by atoms with E-state index in [0.717, 1.165) is 31.4 Å². The van der Waals surface area contributed by atoms with Crippen LogP contribution in [0.5, 0.6) is 5.75 Å². The van der Waals surface area contributed by atoms with Crippen LogP contribution in [0.25, 0.3) is 0 Å². The Hall–Kier alpha value is -1.02. The molecule has 0 amide bonds. The van der Waals surface area contributed by atoms with E-state index in [4.69, 9.17) is 4.74 Å². The topological polar surface area (TPSA) is 21.3 Å². The lowest BCUT2D eigenvalue weighted by atomic mass is 10.0. The minimum atomic E-state index is 0.561. The molecule has 0 saturated heterocycles. The molecular weight excluding hydrogens is 234 g/mol. The van der Waals surface area contributed by atoms with Gasteiger partial charge in [-0.1, -0.05) is 26.0 Å². The number of nitrogens with one attached hydrogen (secondary N) is 1. The molecule has 2 nitrogen and oxygen atoms in total. The summed E-state index contributed by atoms with van der Waals surface area (Å²) in [5.41, 5.74) is 2.59. The van der Waals surface area contributed by atoms with Gasteiger partial charge in [-0.2, -0.15) is 0 Å². The summed E-state index contributed by atoms with van der Waals surface area (Å²) in [5, 5.41) is 3.54. The number of hydrogen-bond acceptors (Lipinski definition) is 2. The number of ether oxygens (including phenoxy) is 1. The molecule has 1 N–H and O–H groups in total. The Morgan fingerprint density at radius 2 is 2.05 bits per heavy atom. The van der Waals surface area contributed by atoms with E-state index in [1.807, 2.05) is 0 Å². The van der Waals surface area contributed by atoms with E-state index in [-0.39, 0.29) is 0 Å². The van der Waals surface area contributed by atoms with Gasteiger partial charge in [-0.3, -0.25) is 0 Å². The highest BCUT2D eigenvalue weighted by atomic mass is 16.5. The molecule has 0 radical (unpaired) electrons. The zero-order chi connectivity index (χ0) is 13.7. The van der Waals surface area contributed by atoms with Gasteiger partial charge in [0, 0.05) is 6.04 Å². The molecule has 1 aliphatic carbocycles. The Balaban J connectivity index is 1.70. The summed E-state index contributed by atoms with van der Waals surface area (Å²) in [6.07, 6.45) is 5.08. The molecule has 0 atom stereocenters. The van der Waals surface area contributed by atoms with Crippen molar-refractivity contribution in [1.82, 2.24) is 5.32 Å². The predicted molar refractivity (Wildman–Crippen MR) is 81.0 cm³/mol. The van der Waals surface area contributed by atoms with Gasteiger partial charge < -0.3 is 10.1 Å². The number of hydrogen-bond donors (Lipinski definition) is 1. The monoisotopic (exact) mass is 261 g/mol. The number of benzene rings is 1. The number of rotatable bonds is 8. The van der Waals surface area contributed by atoms with Crippen LogP contribution in [0.1, 0.15) is 56.6 Å². The average molecular weight is 261 g/mol. The summed E-state index contributed by atoms with van der Waals surface area (Å²) in [5.74, 6) is 1.62. The lowest BCUT2D eigenvalue weighted by Crippen LogP contribution is -2.17. The van der Waals surface area contributed by atoms with Crippen LogP contribution in [0, 0.1) is 6.92 Å². The summed E-state index contributed by atoms with van der Waals surface area (Å²) >= 11 is 0. The first kappa shape index (κ1) is 14.4. The zero-order valence-corrected chi connectivity index (χ0v) is 12.5. The fourth-order valence-corrected chi connectivity index (χ4v) is 2.13. The fraction of sp³-hybridized carbons (Fsp3) is 0.647. The van der Waals surface area contributed by atoms with Gasteiger partial charge in [-0.05, 0) is 62.3 Å². The highest BCUT2D eigenvalue weighted by Crippen LogP contribution is 2.24. The van der Waals surface area contributed by atoms with Crippen LogP contribution < -0.4 is 10.1 Å². The van der Waals surface area contributed by atoms with Crippen molar-refractivity contribution in [3.8, 4) is 5.75 Å². The van der Waals surface area contributed by atoms with Gasteiger partial charge in [0.1, 0.15) is 5.75 Å². The van der Waals surface area contributed by atoms with Gasteiger partial charge in [-0.15, -0.1) is 0 Å². The predicted octanol–water partition coefficient (Wildman–Crippen LogP) is 4.03. The molecule has 106 valence electrons. The van der Waals surface area contributed by atoms with E-state index >= 15 is 0 Å². The van der Waals surface area contributed by atoms with E-state index in [0.29, 0.717) is 5.92 Å². The summed E-state index contributed by atoms with van der Waals surface area (Å²) in [6.45, 7) is 8.53. The SMILES string of the molecule is Cc1ccc(C(C)C)cc1OCCCCNC1CC1. The third-order valence-corrected chi connectivity index (χ3v) is 3.72. The Morgan fingerprint density at radius 1 is 1.26 bits per heavy atom. The van der Waals surface area contributed by atoms with Crippen LogP contribution in [-0.4, -0.2) is 19.2 Å². The summed E-state index contributed by atoms with van der Waals surface area (Å²) in [6, 6.07) is 7.39. The molecule has 1 saturated carbocycles. The van der Waals surface area contributed by atoms with E-state index in [2.05, 4.69) is 44.3 Å². The Labute approximate surface area is 117 Å². The van der Waals surface area contributed by atoms with Crippen LogP contribution in [0.3, 0.4) is 0 Å². The van der Waals surface area contributed by atoms with Crippen molar-refractivity contribution in [2.45, 2.75) is 58.4 Å². The first-order valence-corrected chi connectivity index (χ1v) is 7.63. The third kappa shape index (κ3) is 4.87. The number of unbranched alkanes of at least 4 members (excludes halogenated alkanes) is 1.